The zero-order chi connectivity index (χ0) is 12.8. The van der Waals surface area contributed by atoms with Gasteiger partial charge < -0.3 is 5.11 Å². The molecule has 0 aromatic carbocycles. The number of aliphatic carboxylic acids is 1. The van der Waals surface area contributed by atoms with Crippen LogP contribution >= 0.6 is 0 Å². The van der Waals surface area contributed by atoms with Gasteiger partial charge in [-0.1, -0.05) is 0 Å². The number of hydrogen-bond acceptors (Lipinski definition) is 4. The predicted molar refractivity (Wildman–Crippen MR) is 58.1 cm³/mol. The lowest BCUT2D eigenvalue weighted by molar-refractivity contribution is -0.137. The normalized spacial score (nSPS) is 11.7. The maximum atomic E-state index is 11.7. The van der Waals surface area contributed by atoms with Crippen molar-refractivity contribution in [2.75, 3.05) is 12.3 Å². The van der Waals surface area contributed by atoms with Gasteiger partial charge in [-0.3, -0.25) is 4.79 Å². The summed E-state index contributed by atoms with van der Waals surface area (Å²) in [5, 5.41) is 16.9. The van der Waals surface area contributed by atoms with Crippen LogP contribution in [0.5, 0.6) is 0 Å². The first-order valence-electron chi connectivity index (χ1n) is 4.89. The van der Waals surface area contributed by atoms with E-state index in [1.807, 2.05) is 6.07 Å². The van der Waals surface area contributed by atoms with E-state index in [1.165, 1.54) is 0 Å². The predicted octanol–water partition coefficient (Wildman–Crippen LogP) is 0.415. The van der Waals surface area contributed by atoms with Gasteiger partial charge in [0.2, 0.25) is 10.0 Å². The molecule has 16 heavy (non-hydrogen) atoms. The van der Waals surface area contributed by atoms with Gasteiger partial charge in [-0.2, -0.15) is 9.57 Å². The van der Waals surface area contributed by atoms with Gasteiger partial charge in [-0.05, 0) is 20.3 Å². The van der Waals surface area contributed by atoms with Gasteiger partial charge in [0, 0.05) is 12.5 Å². The van der Waals surface area contributed by atoms with Crippen LogP contribution in [0, 0.1) is 11.3 Å². The average molecular weight is 248 g/mol. The van der Waals surface area contributed by atoms with E-state index in [0.717, 1.165) is 4.31 Å². The third-order valence-electron chi connectivity index (χ3n) is 1.92. The standard InChI is InChI=1S/C9H16N2O4S/c1-8(2)11(7-9(12)13)16(14,15)6-4-3-5-10/h8H,3-4,6-7H2,1-2H3,(H,12,13). The minimum atomic E-state index is -3.59. The summed E-state index contributed by atoms with van der Waals surface area (Å²) in [5.41, 5.74) is 0. The quantitative estimate of drug-likeness (QED) is 0.658. The molecular weight excluding hydrogens is 232 g/mol. The van der Waals surface area contributed by atoms with E-state index in [0.29, 0.717) is 0 Å². The van der Waals surface area contributed by atoms with Gasteiger partial charge in [0.25, 0.3) is 0 Å². The van der Waals surface area contributed by atoms with Gasteiger partial charge in [0.15, 0.2) is 0 Å². The number of carbonyl (C=O) groups is 1. The van der Waals surface area contributed by atoms with Crippen LogP contribution in [0.1, 0.15) is 26.7 Å². The Kier molecular flexibility index (Phi) is 6.00. The maximum Gasteiger partial charge on any atom is 0.318 e. The number of nitriles is 1. The zero-order valence-electron chi connectivity index (χ0n) is 9.38. The highest BCUT2D eigenvalue weighted by Gasteiger charge is 2.26. The Morgan fingerprint density at radius 2 is 2.06 bits per heavy atom. The Morgan fingerprint density at radius 1 is 1.50 bits per heavy atom. The number of sulfonamides is 1. The van der Waals surface area contributed by atoms with Crippen molar-refractivity contribution in [1.82, 2.24) is 4.31 Å². The lowest BCUT2D eigenvalue weighted by Gasteiger charge is -2.23. The van der Waals surface area contributed by atoms with Gasteiger partial charge in [0.05, 0.1) is 11.8 Å². The summed E-state index contributed by atoms with van der Waals surface area (Å²) in [6.07, 6.45) is 0.375. The molecule has 0 bridgehead atoms. The fourth-order valence-electron chi connectivity index (χ4n) is 1.19. The van der Waals surface area contributed by atoms with E-state index in [4.69, 9.17) is 10.4 Å². The van der Waals surface area contributed by atoms with Crippen molar-refractivity contribution in [2.45, 2.75) is 32.7 Å². The van der Waals surface area contributed by atoms with Crippen LogP contribution in [0.15, 0.2) is 0 Å². The molecule has 0 aromatic heterocycles. The van der Waals surface area contributed by atoms with Crippen LogP contribution < -0.4 is 0 Å². The molecule has 0 saturated heterocycles. The van der Waals surface area contributed by atoms with Crippen molar-refractivity contribution in [3.63, 3.8) is 0 Å². The van der Waals surface area contributed by atoms with E-state index in [-0.39, 0.29) is 18.6 Å². The third kappa shape index (κ3) is 5.09. The van der Waals surface area contributed by atoms with Crippen molar-refractivity contribution in [1.29, 1.82) is 5.26 Å². The number of unbranched alkanes of at least 4 members (excludes halogenated alkanes) is 1. The fraction of sp³-hybridized carbons (Fsp3) is 0.778. The molecule has 0 aliphatic rings. The van der Waals surface area contributed by atoms with Gasteiger partial charge in [0.1, 0.15) is 6.54 Å². The molecule has 0 radical (unpaired) electrons. The SMILES string of the molecule is CC(C)N(CC(=O)O)S(=O)(=O)CCCC#N. The van der Waals surface area contributed by atoms with Crippen LogP contribution in [0.4, 0.5) is 0 Å². The zero-order valence-corrected chi connectivity index (χ0v) is 10.2. The fourth-order valence-corrected chi connectivity index (χ4v) is 2.88. The summed E-state index contributed by atoms with van der Waals surface area (Å²) >= 11 is 0. The molecule has 0 spiro atoms. The van der Waals surface area contributed by atoms with E-state index >= 15 is 0 Å². The number of carboxylic acid groups (broad SMARTS) is 1. The molecule has 0 amide bonds. The first-order chi connectivity index (χ1) is 7.31. The molecule has 0 atom stereocenters. The first kappa shape index (κ1) is 14.9. The Morgan fingerprint density at radius 3 is 2.44 bits per heavy atom. The van der Waals surface area contributed by atoms with Gasteiger partial charge >= 0.3 is 5.97 Å². The first-order valence-corrected chi connectivity index (χ1v) is 6.50. The minimum absolute atomic E-state index is 0.151. The highest BCUT2D eigenvalue weighted by molar-refractivity contribution is 7.89. The van der Waals surface area contributed by atoms with E-state index in [1.54, 1.807) is 13.8 Å². The Labute approximate surface area is 95.5 Å². The second-order valence-corrected chi connectivity index (χ2v) is 5.65. The van der Waals surface area contributed by atoms with Crippen LogP contribution in [0.25, 0.3) is 0 Å². The van der Waals surface area contributed by atoms with E-state index < -0.39 is 28.6 Å². The van der Waals surface area contributed by atoms with Gasteiger partial charge in [-0.25, -0.2) is 8.42 Å². The smallest absolute Gasteiger partial charge is 0.318 e. The summed E-state index contributed by atoms with van der Waals surface area (Å²) in [4.78, 5) is 10.5. The second-order valence-electron chi connectivity index (χ2n) is 3.61. The number of rotatable bonds is 7. The van der Waals surface area contributed by atoms with Crippen molar-refractivity contribution in [2.24, 2.45) is 0 Å². The third-order valence-corrected chi connectivity index (χ3v) is 3.99. The number of nitrogens with zero attached hydrogens (tertiary/aromatic N) is 2. The van der Waals surface area contributed by atoms with E-state index in [9.17, 15) is 13.2 Å². The maximum absolute atomic E-state index is 11.7. The summed E-state index contributed by atoms with van der Waals surface area (Å²) in [7, 11) is -3.59. The lowest BCUT2D eigenvalue weighted by atomic mass is 10.4. The van der Waals surface area contributed by atoms with Crippen LogP contribution in [0.2, 0.25) is 0 Å². The van der Waals surface area contributed by atoms with Crippen molar-refractivity contribution < 1.29 is 18.3 Å². The largest absolute Gasteiger partial charge is 0.480 e. The molecule has 0 aliphatic carbocycles. The molecular formula is C9H16N2O4S. The van der Waals surface area contributed by atoms with Gasteiger partial charge in [-0.15, -0.1) is 0 Å². The molecule has 1 N–H and O–H groups in total. The van der Waals surface area contributed by atoms with Crippen LogP contribution in [-0.2, 0) is 14.8 Å². The molecule has 0 rings (SSSR count). The molecule has 0 saturated carbocycles. The Balaban J connectivity index is 4.64. The molecule has 0 fully saturated rings. The topological polar surface area (TPSA) is 98.5 Å². The number of carboxylic acids is 1. The molecule has 0 aromatic rings. The molecule has 0 unspecified atom stereocenters. The van der Waals surface area contributed by atoms with Crippen molar-refractivity contribution in [3.05, 3.63) is 0 Å². The average Bonchev–Trinajstić information content (AvgIpc) is 2.13. The highest BCUT2D eigenvalue weighted by atomic mass is 32.2. The molecule has 0 aliphatic heterocycles. The number of hydrogen-bond donors (Lipinski definition) is 1. The Hall–Kier alpha value is -1.13. The Bertz CT molecular complexity index is 369. The summed E-state index contributed by atoms with van der Waals surface area (Å²) in [6.45, 7) is 2.70. The summed E-state index contributed by atoms with van der Waals surface area (Å²) in [5.74, 6) is -1.37. The summed E-state index contributed by atoms with van der Waals surface area (Å²) in [6, 6.07) is 1.45. The lowest BCUT2D eigenvalue weighted by Crippen LogP contribution is -2.41. The monoisotopic (exact) mass is 248 g/mol. The van der Waals surface area contributed by atoms with Crippen molar-refractivity contribution >= 4 is 16.0 Å². The van der Waals surface area contributed by atoms with E-state index in [2.05, 4.69) is 0 Å². The molecule has 7 heteroatoms. The highest BCUT2D eigenvalue weighted by Crippen LogP contribution is 2.09. The molecule has 92 valence electrons. The molecule has 0 heterocycles. The van der Waals surface area contributed by atoms with Crippen LogP contribution in [-0.4, -0.2) is 42.1 Å². The summed E-state index contributed by atoms with van der Waals surface area (Å²) < 4.78 is 24.4. The minimum Gasteiger partial charge on any atom is -0.480 e. The molecule has 6 nitrogen and oxygen atoms in total. The van der Waals surface area contributed by atoms with Crippen molar-refractivity contribution in [3.8, 4) is 6.07 Å². The second kappa shape index (κ2) is 6.45. The van der Waals surface area contributed by atoms with Crippen LogP contribution in [0.3, 0.4) is 0 Å².